The number of benzene rings is 1. The fourth-order valence-electron chi connectivity index (χ4n) is 4.49. The van der Waals surface area contributed by atoms with Crippen LogP contribution in [0.4, 0.5) is 5.82 Å². The van der Waals surface area contributed by atoms with Gasteiger partial charge in [-0.25, -0.2) is 4.98 Å². The maximum atomic E-state index is 13.4. The number of thioether (sulfide) groups is 1. The molecule has 1 aliphatic heterocycles. The van der Waals surface area contributed by atoms with Crippen LogP contribution in [0.1, 0.15) is 56.6 Å². The number of allylic oxidation sites excluding steroid dienone is 2. The van der Waals surface area contributed by atoms with E-state index in [0.29, 0.717) is 57.3 Å². The summed E-state index contributed by atoms with van der Waals surface area (Å²) in [7, 11) is 4.66. The van der Waals surface area contributed by atoms with Gasteiger partial charge in [0.2, 0.25) is 0 Å². The molecule has 1 atom stereocenters. The SMILES string of the molecule is COc1cc(OC)c(C2C3=C(CCCC3=O)Nc3nc(SCCC(C)C)[nH]c(=O)c32)cc1OC. The van der Waals surface area contributed by atoms with Gasteiger partial charge >= 0.3 is 0 Å². The highest BCUT2D eigenvalue weighted by Crippen LogP contribution is 2.48. The van der Waals surface area contributed by atoms with Crippen molar-refractivity contribution in [3.8, 4) is 17.2 Å². The van der Waals surface area contributed by atoms with Gasteiger partial charge in [0.25, 0.3) is 5.56 Å². The highest BCUT2D eigenvalue weighted by atomic mass is 32.2. The number of hydrogen-bond acceptors (Lipinski definition) is 8. The molecule has 4 rings (SSSR count). The summed E-state index contributed by atoms with van der Waals surface area (Å²) in [5.41, 5.74) is 2.22. The first-order valence-electron chi connectivity index (χ1n) is 11.5. The van der Waals surface area contributed by atoms with Crippen LogP contribution in [0, 0.1) is 5.92 Å². The van der Waals surface area contributed by atoms with Crippen molar-refractivity contribution >= 4 is 23.4 Å². The Balaban J connectivity index is 1.89. The molecule has 1 aliphatic carbocycles. The van der Waals surface area contributed by atoms with Crippen LogP contribution in [0.5, 0.6) is 17.2 Å². The Morgan fingerprint density at radius 2 is 1.76 bits per heavy atom. The Labute approximate surface area is 203 Å². The van der Waals surface area contributed by atoms with E-state index in [-0.39, 0.29) is 11.3 Å². The van der Waals surface area contributed by atoms with Gasteiger partial charge in [0.1, 0.15) is 11.6 Å². The van der Waals surface area contributed by atoms with E-state index in [0.717, 1.165) is 30.7 Å². The average molecular weight is 486 g/mol. The van der Waals surface area contributed by atoms with Gasteiger partial charge in [-0.2, -0.15) is 0 Å². The molecule has 2 aliphatic rings. The first kappa shape index (κ1) is 24.2. The summed E-state index contributed by atoms with van der Waals surface area (Å²) in [6, 6.07) is 3.51. The minimum Gasteiger partial charge on any atom is -0.496 e. The molecule has 0 fully saturated rings. The highest BCUT2D eigenvalue weighted by Gasteiger charge is 2.39. The molecule has 0 amide bonds. The maximum absolute atomic E-state index is 13.4. The number of aromatic amines is 1. The van der Waals surface area contributed by atoms with Gasteiger partial charge in [0, 0.05) is 35.1 Å². The fourth-order valence-corrected chi connectivity index (χ4v) is 5.59. The zero-order chi connectivity index (χ0) is 24.4. The van der Waals surface area contributed by atoms with Crippen molar-refractivity contribution in [3.63, 3.8) is 0 Å². The number of H-pyrrole nitrogens is 1. The van der Waals surface area contributed by atoms with Crippen LogP contribution >= 0.6 is 11.8 Å². The number of carbonyl (C=O) groups excluding carboxylic acids is 1. The lowest BCUT2D eigenvalue weighted by atomic mass is 9.76. The van der Waals surface area contributed by atoms with Gasteiger partial charge in [0.05, 0.1) is 32.8 Å². The number of fused-ring (bicyclic) bond motifs is 1. The number of nitrogens with one attached hydrogen (secondary N) is 2. The number of methoxy groups -OCH3 is 3. The third-order valence-electron chi connectivity index (χ3n) is 6.22. The first-order chi connectivity index (χ1) is 16.4. The van der Waals surface area contributed by atoms with Crippen LogP contribution in [-0.4, -0.2) is 42.8 Å². The lowest BCUT2D eigenvalue weighted by molar-refractivity contribution is -0.116. The number of Topliss-reactive ketones (excluding diaryl/α,β-unsaturated/α-hetero) is 1. The van der Waals surface area contributed by atoms with E-state index < -0.39 is 5.92 Å². The Morgan fingerprint density at radius 3 is 2.44 bits per heavy atom. The fraction of sp³-hybridized carbons (Fsp3) is 0.480. The van der Waals surface area contributed by atoms with Crippen molar-refractivity contribution < 1.29 is 19.0 Å². The smallest absolute Gasteiger partial charge is 0.257 e. The summed E-state index contributed by atoms with van der Waals surface area (Å²) in [4.78, 5) is 34.3. The van der Waals surface area contributed by atoms with Crippen LogP contribution in [-0.2, 0) is 4.79 Å². The van der Waals surface area contributed by atoms with E-state index in [1.807, 2.05) is 0 Å². The molecule has 2 aromatic rings. The summed E-state index contributed by atoms with van der Waals surface area (Å²) >= 11 is 1.53. The quantitative estimate of drug-likeness (QED) is 0.416. The lowest BCUT2D eigenvalue weighted by Gasteiger charge is -2.33. The Kier molecular flexibility index (Phi) is 7.21. The van der Waals surface area contributed by atoms with Gasteiger partial charge in [-0.05, 0) is 31.2 Å². The van der Waals surface area contributed by atoms with Crippen molar-refractivity contribution in [2.24, 2.45) is 5.92 Å². The number of ether oxygens (including phenoxy) is 3. The number of nitrogens with zero attached hydrogens (tertiary/aromatic N) is 1. The van der Waals surface area contributed by atoms with Crippen LogP contribution < -0.4 is 25.1 Å². The first-order valence-corrected chi connectivity index (χ1v) is 12.5. The predicted molar refractivity (Wildman–Crippen MR) is 132 cm³/mol. The molecule has 1 aromatic heterocycles. The molecular weight excluding hydrogens is 454 g/mol. The molecule has 0 saturated carbocycles. The molecular formula is C25H31N3O5S. The zero-order valence-corrected chi connectivity index (χ0v) is 21.1. The molecule has 2 heterocycles. The normalized spacial score (nSPS) is 17.2. The van der Waals surface area contributed by atoms with Crippen molar-refractivity contribution in [1.29, 1.82) is 0 Å². The molecule has 1 unspecified atom stereocenters. The highest BCUT2D eigenvalue weighted by molar-refractivity contribution is 7.99. The third-order valence-corrected chi connectivity index (χ3v) is 7.12. The summed E-state index contributed by atoms with van der Waals surface area (Å²) in [6.45, 7) is 4.33. The standard InChI is InChI=1S/C25H31N3O5S/c1-13(2)9-10-34-25-27-23-22(24(30)28-25)20(21-15(26-23)7-6-8-16(21)29)14-11-18(32-4)19(33-5)12-17(14)31-3/h11-13,20H,6-10H2,1-5H3,(H2,26,27,28,30). The number of carbonyl (C=O) groups is 1. The van der Waals surface area contributed by atoms with Crippen molar-refractivity contribution in [1.82, 2.24) is 9.97 Å². The van der Waals surface area contributed by atoms with Crippen LogP contribution in [0.15, 0.2) is 33.4 Å². The van der Waals surface area contributed by atoms with Crippen molar-refractivity contribution in [2.75, 3.05) is 32.4 Å². The molecule has 9 heteroatoms. The van der Waals surface area contributed by atoms with E-state index in [4.69, 9.17) is 19.2 Å². The molecule has 1 aromatic carbocycles. The van der Waals surface area contributed by atoms with Crippen molar-refractivity contribution in [3.05, 3.63) is 44.9 Å². The van der Waals surface area contributed by atoms with Crippen molar-refractivity contribution in [2.45, 2.75) is 50.6 Å². The van der Waals surface area contributed by atoms with Crippen LogP contribution in [0.2, 0.25) is 0 Å². The van der Waals surface area contributed by atoms with E-state index in [1.165, 1.54) is 11.8 Å². The molecule has 8 nitrogen and oxygen atoms in total. The zero-order valence-electron chi connectivity index (χ0n) is 20.2. The van der Waals surface area contributed by atoms with Crippen LogP contribution in [0.3, 0.4) is 0 Å². The van der Waals surface area contributed by atoms with Gasteiger partial charge in [-0.1, -0.05) is 25.6 Å². The van der Waals surface area contributed by atoms with Gasteiger partial charge in [-0.3, -0.25) is 9.59 Å². The number of hydrogen-bond donors (Lipinski definition) is 2. The summed E-state index contributed by atoms with van der Waals surface area (Å²) in [6.07, 6.45) is 2.94. The van der Waals surface area contributed by atoms with E-state index in [2.05, 4.69) is 24.1 Å². The minimum absolute atomic E-state index is 0.0241. The Bertz CT molecular complexity index is 1190. The minimum atomic E-state index is -0.625. The molecule has 0 saturated heterocycles. The summed E-state index contributed by atoms with van der Waals surface area (Å²) in [5.74, 6) is 2.83. The van der Waals surface area contributed by atoms with Crippen LogP contribution in [0.25, 0.3) is 0 Å². The summed E-state index contributed by atoms with van der Waals surface area (Å²) in [5, 5.41) is 3.89. The molecule has 0 bridgehead atoms. The monoisotopic (exact) mass is 485 g/mol. The number of ketones is 1. The topological polar surface area (TPSA) is 103 Å². The molecule has 182 valence electrons. The van der Waals surface area contributed by atoms with Gasteiger partial charge in [-0.15, -0.1) is 0 Å². The van der Waals surface area contributed by atoms with E-state index in [1.54, 1.807) is 33.5 Å². The second kappa shape index (κ2) is 10.1. The van der Waals surface area contributed by atoms with Gasteiger partial charge in [0.15, 0.2) is 22.4 Å². The Morgan fingerprint density at radius 1 is 1.06 bits per heavy atom. The predicted octanol–water partition coefficient (Wildman–Crippen LogP) is 4.50. The maximum Gasteiger partial charge on any atom is 0.257 e. The molecule has 2 N–H and O–H groups in total. The Hall–Kier alpha value is -2.94. The number of aromatic nitrogens is 2. The van der Waals surface area contributed by atoms with Gasteiger partial charge < -0.3 is 24.5 Å². The van der Waals surface area contributed by atoms with E-state index in [9.17, 15) is 9.59 Å². The third kappa shape index (κ3) is 4.53. The second-order valence-corrected chi connectivity index (χ2v) is 9.92. The average Bonchev–Trinajstić information content (AvgIpc) is 2.81. The van der Waals surface area contributed by atoms with E-state index >= 15 is 0 Å². The molecule has 0 spiro atoms. The molecule has 0 radical (unpaired) electrons. The largest absolute Gasteiger partial charge is 0.496 e. The number of rotatable bonds is 8. The second-order valence-electron chi connectivity index (χ2n) is 8.84. The number of anilines is 1. The summed E-state index contributed by atoms with van der Waals surface area (Å²) < 4.78 is 16.6. The lowest BCUT2D eigenvalue weighted by Crippen LogP contribution is -2.33. The molecule has 34 heavy (non-hydrogen) atoms.